The molecule has 0 aliphatic rings. The highest BCUT2D eigenvalue weighted by atomic mass is 35.5. The topological polar surface area (TPSA) is 203 Å². The highest BCUT2D eigenvalue weighted by Gasteiger charge is 2.23. The normalized spacial score (nSPS) is 10.7. The van der Waals surface area contributed by atoms with Gasteiger partial charge in [0.2, 0.25) is 0 Å². The maximum Gasteiger partial charge on any atom is 0.408 e. The molecule has 0 aliphatic carbocycles. The number of carboxylic acid groups (broad SMARTS) is 1. The number of rotatable bonds is 6. The van der Waals surface area contributed by atoms with Crippen LogP contribution in [0.5, 0.6) is 0 Å². The zero-order valence-corrected chi connectivity index (χ0v) is 13.7. The van der Waals surface area contributed by atoms with Crippen LogP contribution in [0.25, 0.3) is 0 Å². The minimum absolute atomic E-state index is 0. The molecule has 1 atom stereocenters. The summed E-state index contributed by atoms with van der Waals surface area (Å²) in [5, 5.41) is 11.3. The molecule has 134 valence electrons. The van der Waals surface area contributed by atoms with Gasteiger partial charge in [0.05, 0.1) is 0 Å². The van der Waals surface area contributed by atoms with Gasteiger partial charge >= 0.3 is 12.1 Å². The minimum atomic E-state index is -1.13. The van der Waals surface area contributed by atoms with Crippen LogP contribution in [0.15, 0.2) is 4.99 Å². The summed E-state index contributed by atoms with van der Waals surface area (Å²) in [6.45, 7) is 5.39. The molecule has 0 radical (unpaired) electrons. The zero-order valence-electron chi connectivity index (χ0n) is 12.9. The SMILES string of the molecule is CC(C)(C)OC(=O)N[C@H](CCCN=C(N)N)C(=O)O.Cl.O.O. The van der Waals surface area contributed by atoms with Crippen LogP contribution in [0.2, 0.25) is 0 Å². The van der Waals surface area contributed by atoms with Gasteiger partial charge in [-0.3, -0.25) is 4.99 Å². The Kier molecular flexibility index (Phi) is 16.7. The molecule has 0 fully saturated rings. The monoisotopic (exact) mass is 346 g/mol. The Balaban J connectivity index is -0.000000540. The fourth-order valence-electron chi connectivity index (χ4n) is 1.21. The van der Waals surface area contributed by atoms with E-state index < -0.39 is 23.7 Å². The maximum absolute atomic E-state index is 11.5. The van der Waals surface area contributed by atoms with Gasteiger partial charge in [-0.25, -0.2) is 9.59 Å². The fraction of sp³-hybridized carbons (Fsp3) is 0.727. The molecule has 0 aromatic heterocycles. The van der Waals surface area contributed by atoms with Crippen molar-refractivity contribution in [1.29, 1.82) is 0 Å². The fourth-order valence-corrected chi connectivity index (χ4v) is 1.21. The van der Waals surface area contributed by atoms with E-state index in [1.54, 1.807) is 20.8 Å². The summed E-state index contributed by atoms with van der Waals surface area (Å²) in [6, 6.07) is -1.02. The summed E-state index contributed by atoms with van der Waals surface area (Å²) in [6.07, 6.45) is -0.113. The van der Waals surface area contributed by atoms with Crippen LogP contribution in [0, 0.1) is 0 Å². The molecule has 11 heteroatoms. The lowest BCUT2D eigenvalue weighted by Crippen LogP contribution is -2.43. The van der Waals surface area contributed by atoms with Gasteiger partial charge < -0.3 is 37.6 Å². The third-order valence-electron chi connectivity index (χ3n) is 1.93. The van der Waals surface area contributed by atoms with Crippen LogP contribution in [-0.2, 0) is 9.53 Å². The van der Waals surface area contributed by atoms with Crippen molar-refractivity contribution < 1.29 is 30.4 Å². The van der Waals surface area contributed by atoms with Gasteiger partial charge in [-0.15, -0.1) is 12.4 Å². The first-order valence-electron chi connectivity index (χ1n) is 5.89. The van der Waals surface area contributed by atoms with Gasteiger partial charge in [-0.1, -0.05) is 0 Å². The number of guanidine groups is 1. The van der Waals surface area contributed by atoms with Crippen molar-refractivity contribution in [3.63, 3.8) is 0 Å². The van der Waals surface area contributed by atoms with E-state index in [2.05, 4.69) is 10.3 Å². The number of amides is 1. The number of aliphatic carboxylic acids is 1. The van der Waals surface area contributed by atoms with Crippen LogP contribution >= 0.6 is 12.4 Å². The van der Waals surface area contributed by atoms with Crippen molar-refractivity contribution in [3.05, 3.63) is 0 Å². The maximum atomic E-state index is 11.5. The molecule has 10 N–H and O–H groups in total. The molecule has 22 heavy (non-hydrogen) atoms. The van der Waals surface area contributed by atoms with Crippen molar-refractivity contribution in [2.75, 3.05) is 6.54 Å². The van der Waals surface area contributed by atoms with Gasteiger partial charge in [0.15, 0.2) is 5.96 Å². The molecule has 1 amide bonds. The standard InChI is InChI=1S/C11H22N4O4.ClH.2H2O/c1-11(2,3)19-10(18)15-7(8(16)17)5-4-6-14-9(12)13;;;/h7H,4-6H2,1-3H3,(H,15,18)(H,16,17)(H4,12,13,14);1H;2*1H2/t7-;;;/m1.../s1. The molecule has 0 aromatic carbocycles. The molecular formula is C11H27ClN4O6. The summed E-state index contributed by atoms with van der Waals surface area (Å²) >= 11 is 0. The first-order valence-corrected chi connectivity index (χ1v) is 5.89. The number of aliphatic imine (C=N–C) groups is 1. The largest absolute Gasteiger partial charge is 0.480 e. The number of hydrogen-bond donors (Lipinski definition) is 4. The van der Waals surface area contributed by atoms with E-state index in [1.165, 1.54) is 0 Å². The van der Waals surface area contributed by atoms with E-state index in [0.29, 0.717) is 13.0 Å². The van der Waals surface area contributed by atoms with Crippen molar-refractivity contribution in [2.24, 2.45) is 16.5 Å². The molecule has 0 aliphatic heterocycles. The molecule has 0 rings (SSSR count). The minimum Gasteiger partial charge on any atom is -0.480 e. The summed E-state index contributed by atoms with van der Waals surface area (Å²) in [4.78, 5) is 26.2. The van der Waals surface area contributed by atoms with Crippen LogP contribution < -0.4 is 16.8 Å². The molecular weight excluding hydrogens is 320 g/mol. The molecule has 0 saturated heterocycles. The van der Waals surface area contributed by atoms with Crippen molar-refractivity contribution in [1.82, 2.24) is 5.32 Å². The first kappa shape index (κ1) is 28.4. The lowest BCUT2D eigenvalue weighted by Gasteiger charge is -2.21. The second kappa shape index (κ2) is 12.9. The predicted octanol–water partition coefficient (Wildman–Crippen LogP) is -1.21. The number of nitrogens with two attached hydrogens (primary N) is 2. The van der Waals surface area contributed by atoms with E-state index >= 15 is 0 Å². The van der Waals surface area contributed by atoms with Crippen LogP contribution in [-0.4, -0.2) is 52.3 Å². The van der Waals surface area contributed by atoms with E-state index in [9.17, 15) is 9.59 Å². The molecule has 10 nitrogen and oxygen atoms in total. The Bertz CT molecular complexity index is 355. The van der Waals surface area contributed by atoms with Crippen molar-refractivity contribution >= 4 is 30.4 Å². The van der Waals surface area contributed by atoms with E-state index in [1.807, 2.05) is 0 Å². The number of hydrogen-bond acceptors (Lipinski definition) is 4. The number of carbonyl (C=O) groups is 2. The number of alkyl carbamates (subject to hydrolysis) is 1. The summed E-state index contributed by atoms with van der Waals surface area (Å²) in [5.74, 6) is -1.18. The lowest BCUT2D eigenvalue weighted by molar-refractivity contribution is -0.139. The third-order valence-corrected chi connectivity index (χ3v) is 1.93. The van der Waals surface area contributed by atoms with Crippen molar-refractivity contribution in [2.45, 2.75) is 45.3 Å². The Labute approximate surface area is 135 Å². The molecule has 0 bridgehead atoms. The van der Waals surface area contributed by atoms with Gasteiger partial charge in [-0.05, 0) is 33.6 Å². The number of ether oxygens (including phenoxy) is 1. The second-order valence-corrected chi connectivity index (χ2v) is 4.99. The number of carbonyl (C=O) groups excluding carboxylic acids is 1. The summed E-state index contributed by atoms with van der Waals surface area (Å²) < 4.78 is 4.98. The smallest absolute Gasteiger partial charge is 0.408 e. The highest BCUT2D eigenvalue weighted by molar-refractivity contribution is 5.85. The van der Waals surface area contributed by atoms with Gasteiger partial charge in [0, 0.05) is 6.54 Å². The van der Waals surface area contributed by atoms with Crippen molar-refractivity contribution in [3.8, 4) is 0 Å². The highest BCUT2D eigenvalue weighted by Crippen LogP contribution is 2.07. The zero-order chi connectivity index (χ0) is 15.1. The number of halogens is 1. The quantitative estimate of drug-likeness (QED) is 0.263. The first-order chi connectivity index (χ1) is 8.61. The van der Waals surface area contributed by atoms with Crippen LogP contribution in [0.3, 0.4) is 0 Å². The average Bonchev–Trinajstić information content (AvgIpc) is 2.19. The molecule has 0 aromatic rings. The summed E-state index contributed by atoms with van der Waals surface area (Å²) in [7, 11) is 0. The van der Waals surface area contributed by atoms with E-state index in [-0.39, 0.29) is 35.7 Å². The predicted molar refractivity (Wildman–Crippen MR) is 85.2 cm³/mol. The van der Waals surface area contributed by atoms with E-state index in [0.717, 1.165) is 0 Å². The van der Waals surface area contributed by atoms with E-state index in [4.69, 9.17) is 21.3 Å². The molecule has 0 unspecified atom stereocenters. The molecule has 0 saturated carbocycles. The van der Waals surface area contributed by atoms with Crippen LogP contribution in [0.4, 0.5) is 4.79 Å². The number of nitrogens with one attached hydrogen (secondary N) is 1. The lowest BCUT2D eigenvalue weighted by atomic mass is 10.1. The third kappa shape index (κ3) is 16.3. The Morgan fingerprint density at radius 1 is 1.27 bits per heavy atom. The Morgan fingerprint density at radius 3 is 2.14 bits per heavy atom. The van der Waals surface area contributed by atoms with Crippen LogP contribution in [0.1, 0.15) is 33.6 Å². The molecule has 0 heterocycles. The Hall–Kier alpha value is -1.78. The van der Waals surface area contributed by atoms with Gasteiger partial charge in [0.25, 0.3) is 0 Å². The summed E-state index contributed by atoms with van der Waals surface area (Å²) in [5.41, 5.74) is 9.61. The number of carboxylic acids is 1. The molecule has 0 spiro atoms. The second-order valence-electron chi connectivity index (χ2n) is 4.99. The number of nitrogens with zero attached hydrogens (tertiary/aromatic N) is 1. The van der Waals surface area contributed by atoms with Gasteiger partial charge in [-0.2, -0.15) is 0 Å². The van der Waals surface area contributed by atoms with Gasteiger partial charge in [0.1, 0.15) is 11.6 Å². The Morgan fingerprint density at radius 2 is 1.77 bits per heavy atom. The average molecular weight is 347 g/mol.